The van der Waals surface area contributed by atoms with Gasteiger partial charge in [-0.2, -0.15) is 0 Å². The van der Waals surface area contributed by atoms with Crippen molar-refractivity contribution < 1.29 is 0 Å². The van der Waals surface area contributed by atoms with Crippen LogP contribution in [-0.2, 0) is 6.54 Å². The van der Waals surface area contributed by atoms with E-state index >= 15 is 0 Å². The minimum atomic E-state index is 0.448. The molecule has 0 radical (unpaired) electrons. The van der Waals surface area contributed by atoms with Crippen LogP contribution in [0, 0.1) is 5.92 Å². The van der Waals surface area contributed by atoms with Gasteiger partial charge in [-0.05, 0) is 25.0 Å². The van der Waals surface area contributed by atoms with Crippen molar-refractivity contribution in [3.8, 4) is 0 Å². The van der Waals surface area contributed by atoms with Crippen molar-refractivity contribution in [2.45, 2.75) is 27.3 Å². The molecule has 2 N–H and O–H groups in total. The van der Waals surface area contributed by atoms with Crippen molar-refractivity contribution >= 4 is 17.4 Å². The van der Waals surface area contributed by atoms with E-state index in [1.165, 1.54) is 0 Å². The van der Waals surface area contributed by atoms with Gasteiger partial charge in [0.25, 0.3) is 0 Å². The summed E-state index contributed by atoms with van der Waals surface area (Å²) < 4.78 is 0. The molecule has 0 aliphatic carbocycles. The highest BCUT2D eigenvalue weighted by molar-refractivity contribution is 6.32. The molecule has 0 bridgehead atoms. The molecule has 0 saturated carbocycles. The summed E-state index contributed by atoms with van der Waals surface area (Å²) in [4.78, 5) is 6.67. The average molecular weight is 242 g/mol. The molecule has 0 fully saturated rings. The Morgan fingerprint density at radius 3 is 2.62 bits per heavy atom. The third kappa shape index (κ3) is 3.35. The molecule has 0 saturated heterocycles. The van der Waals surface area contributed by atoms with Crippen LogP contribution >= 0.6 is 11.6 Å². The minimum Gasteiger partial charge on any atom is -0.355 e. The highest BCUT2D eigenvalue weighted by Gasteiger charge is 2.12. The Kier molecular flexibility index (Phi) is 5.03. The third-order valence-electron chi connectivity index (χ3n) is 2.36. The summed E-state index contributed by atoms with van der Waals surface area (Å²) in [6.45, 7) is 8.78. The van der Waals surface area contributed by atoms with Crippen molar-refractivity contribution in [2.75, 3.05) is 18.0 Å². The second-order valence-corrected chi connectivity index (χ2v) is 4.65. The topological polar surface area (TPSA) is 42.2 Å². The van der Waals surface area contributed by atoms with Crippen LogP contribution in [0.4, 0.5) is 5.82 Å². The van der Waals surface area contributed by atoms with Crippen LogP contribution in [0.2, 0.25) is 5.02 Å². The van der Waals surface area contributed by atoms with E-state index in [0.29, 0.717) is 17.5 Å². The van der Waals surface area contributed by atoms with Crippen LogP contribution in [0.1, 0.15) is 26.5 Å². The molecule has 1 heterocycles. The molecule has 3 nitrogen and oxygen atoms in total. The molecule has 0 aromatic carbocycles. The second-order valence-electron chi connectivity index (χ2n) is 4.24. The molecule has 1 aromatic rings. The van der Waals surface area contributed by atoms with Crippen LogP contribution in [0.25, 0.3) is 0 Å². The number of hydrogen-bond donors (Lipinski definition) is 1. The van der Waals surface area contributed by atoms with E-state index in [-0.39, 0.29) is 0 Å². The lowest BCUT2D eigenvalue weighted by Crippen LogP contribution is -2.28. The van der Waals surface area contributed by atoms with Gasteiger partial charge in [0.15, 0.2) is 0 Å². The lowest BCUT2D eigenvalue weighted by molar-refractivity contribution is 0.614. The number of nitrogens with two attached hydrogens (primary N) is 1. The van der Waals surface area contributed by atoms with E-state index in [9.17, 15) is 0 Å². The lowest BCUT2D eigenvalue weighted by atomic mass is 10.2. The van der Waals surface area contributed by atoms with E-state index < -0.39 is 0 Å². The average Bonchev–Trinajstić information content (AvgIpc) is 2.26. The van der Waals surface area contributed by atoms with Crippen molar-refractivity contribution in [2.24, 2.45) is 11.7 Å². The number of anilines is 1. The van der Waals surface area contributed by atoms with Gasteiger partial charge >= 0.3 is 0 Å². The molecule has 4 heteroatoms. The zero-order valence-electron chi connectivity index (χ0n) is 10.2. The van der Waals surface area contributed by atoms with Gasteiger partial charge in [-0.15, -0.1) is 0 Å². The highest BCUT2D eigenvalue weighted by atomic mass is 35.5. The summed E-state index contributed by atoms with van der Waals surface area (Å²) in [5.41, 5.74) is 6.46. The monoisotopic (exact) mass is 241 g/mol. The first-order chi connectivity index (χ1) is 7.58. The molecule has 0 unspecified atom stereocenters. The number of rotatable bonds is 5. The Labute approximate surface area is 103 Å². The summed E-state index contributed by atoms with van der Waals surface area (Å²) in [6, 6.07) is 3.74. The van der Waals surface area contributed by atoms with Gasteiger partial charge in [0, 0.05) is 19.6 Å². The largest absolute Gasteiger partial charge is 0.355 e. The van der Waals surface area contributed by atoms with Crippen LogP contribution in [0.5, 0.6) is 0 Å². The van der Waals surface area contributed by atoms with Crippen molar-refractivity contribution in [3.05, 3.63) is 22.8 Å². The number of hydrogen-bond acceptors (Lipinski definition) is 3. The first kappa shape index (κ1) is 13.3. The lowest BCUT2D eigenvalue weighted by Gasteiger charge is -2.25. The van der Waals surface area contributed by atoms with Crippen LogP contribution in [0.15, 0.2) is 12.1 Å². The van der Waals surface area contributed by atoms with Crippen molar-refractivity contribution in [1.29, 1.82) is 0 Å². The Hall–Kier alpha value is -0.800. The number of aromatic nitrogens is 1. The molecule has 0 aliphatic rings. The molecule has 16 heavy (non-hydrogen) atoms. The smallest absolute Gasteiger partial charge is 0.147 e. The first-order valence-electron chi connectivity index (χ1n) is 5.68. The SMILES string of the molecule is CCN(CC(C)C)c1nc(CN)ccc1Cl. The van der Waals surface area contributed by atoms with Gasteiger partial charge in [-0.1, -0.05) is 25.4 Å². The van der Waals surface area contributed by atoms with Crippen LogP contribution < -0.4 is 10.6 Å². The Balaban J connectivity index is 2.98. The Morgan fingerprint density at radius 1 is 1.44 bits per heavy atom. The van der Waals surface area contributed by atoms with E-state index in [4.69, 9.17) is 17.3 Å². The van der Waals surface area contributed by atoms with Crippen LogP contribution in [0.3, 0.4) is 0 Å². The summed E-state index contributed by atoms with van der Waals surface area (Å²) >= 11 is 6.17. The Bertz CT molecular complexity index is 339. The molecule has 0 aliphatic heterocycles. The fourth-order valence-electron chi connectivity index (χ4n) is 1.61. The van der Waals surface area contributed by atoms with Gasteiger partial charge in [-0.25, -0.2) is 4.98 Å². The quantitative estimate of drug-likeness (QED) is 0.862. The standard InChI is InChI=1S/C12H20ClN3/c1-4-16(8-9(2)3)12-11(13)6-5-10(7-14)15-12/h5-6,9H,4,7-8,14H2,1-3H3. The zero-order valence-corrected chi connectivity index (χ0v) is 11.0. The minimum absolute atomic E-state index is 0.448. The fourth-order valence-corrected chi connectivity index (χ4v) is 1.84. The number of nitrogens with zero attached hydrogens (tertiary/aromatic N) is 2. The normalized spacial score (nSPS) is 10.9. The van der Waals surface area contributed by atoms with E-state index in [2.05, 4.69) is 30.7 Å². The molecule has 0 spiro atoms. The summed E-state index contributed by atoms with van der Waals surface area (Å²) in [6.07, 6.45) is 0. The maximum absolute atomic E-state index is 6.17. The maximum Gasteiger partial charge on any atom is 0.147 e. The van der Waals surface area contributed by atoms with Gasteiger partial charge in [0.1, 0.15) is 5.82 Å². The first-order valence-corrected chi connectivity index (χ1v) is 6.06. The van der Waals surface area contributed by atoms with E-state index in [1.807, 2.05) is 12.1 Å². The zero-order chi connectivity index (χ0) is 12.1. The Morgan fingerprint density at radius 2 is 2.12 bits per heavy atom. The van der Waals surface area contributed by atoms with Gasteiger partial charge in [-0.3, -0.25) is 0 Å². The highest BCUT2D eigenvalue weighted by Crippen LogP contribution is 2.24. The molecule has 0 atom stereocenters. The molecule has 0 amide bonds. The maximum atomic E-state index is 6.17. The second kappa shape index (κ2) is 6.06. The van der Waals surface area contributed by atoms with Gasteiger partial charge in [0.05, 0.1) is 10.7 Å². The summed E-state index contributed by atoms with van der Waals surface area (Å²) in [5, 5.41) is 0.694. The fraction of sp³-hybridized carbons (Fsp3) is 0.583. The predicted molar refractivity (Wildman–Crippen MR) is 69.9 cm³/mol. The van der Waals surface area contributed by atoms with Crippen LogP contribution in [-0.4, -0.2) is 18.1 Å². The molecular weight excluding hydrogens is 222 g/mol. The summed E-state index contributed by atoms with van der Waals surface area (Å²) in [7, 11) is 0. The molecule has 1 aromatic heterocycles. The van der Waals surface area contributed by atoms with Crippen molar-refractivity contribution in [1.82, 2.24) is 4.98 Å². The van der Waals surface area contributed by atoms with E-state index in [0.717, 1.165) is 24.6 Å². The van der Waals surface area contributed by atoms with Crippen molar-refractivity contribution in [3.63, 3.8) is 0 Å². The number of halogens is 1. The molecule has 1 rings (SSSR count). The summed E-state index contributed by atoms with van der Waals surface area (Å²) in [5.74, 6) is 1.43. The molecular formula is C12H20ClN3. The predicted octanol–water partition coefficient (Wildman–Crippen LogP) is 2.68. The van der Waals surface area contributed by atoms with E-state index in [1.54, 1.807) is 0 Å². The van der Waals surface area contributed by atoms with Gasteiger partial charge in [0.2, 0.25) is 0 Å². The third-order valence-corrected chi connectivity index (χ3v) is 2.66. The van der Waals surface area contributed by atoms with Gasteiger partial charge < -0.3 is 10.6 Å². The number of pyridine rings is 1. The molecule has 90 valence electrons.